The number of ether oxygens (including phenoxy) is 1. The van der Waals surface area contributed by atoms with Crippen LogP contribution in [0.15, 0.2) is 30.7 Å². The Bertz CT molecular complexity index is 1140. The molecule has 0 spiro atoms. The van der Waals surface area contributed by atoms with E-state index in [1.54, 1.807) is 23.9 Å². The minimum Gasteiger partial charge on any atom is -0.472 e. The molecular formula is C19H20Cl2N6OS. The van der Waals surface area contributed by atoms with E-state index in [-0.39, 0.29) is 30.9 Å². The van der Waals surface area contributed by atoms with Gasteiger partial charge in [-0.05, 0) is 25.5 Å². The van der Waals surface area contributed by atoms with E-state index >= 15 is 0 Å². The summed E-state index contributed by atoms with van der Waals surface area (Å²) in [5.74, 6) is 1.62. The SMILES string of the molecule is Cc1nnc2sc3c(N4CC[C@H](Oc5ccccn5)C4)ncnc3c2c1C.Cl.Cl. The van der Waals surface area contributed by atoms with Gasteiger partial charge < -0.3 is 9.64 Å². The Morgan fingerprint density at radius 2 is 1.97 bits per heavy atom. The minimum absolute atomic E-state index is 0. The van der Waals surface area contributed by atoms with E-state index in [4.69, 9.17) is 4.74 Å². The van der Waals surface area contributed by atoms with Crippen LogP contribution >= 0.6 is 36.2 Å². The summed E-state index contributed by atoms with van der Waals surface area (Å²) in [4.78, 5) is 16.6. The first-order valence-electron chi connectivity index (χ1n) is 8.90. The molecule has 0 N–H and O–H groups in total. The van der Waals surface area contributed by atoms with Gasteiger partial charge in [-0.3, -0.25) is 0 Å². The van der Waals surface area contributed by atoms with Gasteiger partial charge in [0, 0.05) is 30.6 Å². The van der Waals surface area contributed by atoms with E-state index in [2.05, 4.69) is 37.0 Å². The maximum Gasteiger partial charge on any atom is 0.213 e. The first-order chi connectivity index (χ1) is 13.2. The highest BCUT2D eigenvalue weighted by atomic mass is 35.5. The van der Waals surface area contributed by atoms with Gasteiger partial charge in [0.05, 0.1) is 22.5 Å². The van der Waals surface area contributed by atoms with Crippen molar-refractivity contribution in [3.05, 3.63) is 42.0 Å². The van der Waals surface area contributed by atoms with E-state index in [1.165, 1.54) is 0 Å². The summed E-state index contributed by atoms with van der Waals surface area (Å²) in [7, 11) is 0. The van der Waals surface area contributed by atoms with E-state index in [0.717, 1.165) is 57.0 Å². The van der Waals surface area contributed by atoms with Crippen LogP contribution in [0.3, 0.4) is 0 Å². The Morgan fingerprint density at radius 1 is 1.10 bits per heavy atom. The van der Waals surface area contributed by atoms with Crippen molar-refractivity contribution >= 4 is 62.4 Å². The Labute approximate surface area is 184 Å². The molecule has 1 aliphatic rings. The molecular weight excluding hydrogens is 431 g/mol. The summed E-state index contributed by atoms with van der Waals surface area (Å²) in [5.41, 5.74) is 3.03. The van der Waals surface area contributed by atoms with Crippen molar-refractivity contribution in [3.63, 3.8) is 0 Å². The van der Waals surface area contributed by atoms with Crippen LogP contribution in [0.25, 0.3) is 20.4 Å². The molecule has 0 aromatic carbocycles. The van der Waals surface area contributed by atoms with Crippen molar-refractivity contribution in [3.8, 4) is 5.88 Å². The van der Waals surface area contributed by atoms with Crippen LogP contribution in [0.5, 0.6) is 5.88 Å². The summed E-state index contributed by atoms with van der Waals surface area (Å²) in [6.45, 7) is 5.72. The van der Waals surface area contributed by atoms with E-state index in [9.17, 15) is 0 Å². The summed E-state index contributed by atoms with van der Waals surface area (Å²) < 4.78 is 7.08. The Hall–Kier alpha value is -2.29. The normalized spacial score (nSPS) is 15.9. The zero-order valence-corrected chi connectivity index (χ0v) is 18.4. The fourth-order valence-electron chi connectivity index (χ4n) is 3.50. The quantitative estimate of drug-likeness (QED) is 0.463. The minimum atomic E-state index is 0. The van der Waals surface area contributed by atoms with Gasteiger partial charge >= 0.3 is 0 Å². The third kappa shape index (κ3) is 3.80. The molecule has 1 fully saturated rings. The maximum atomic E-state index is 6.02. The van der Waals surface area contributed by atoms with Crippen LogP contribution in [0.1, 0.15) is 17.7 Å². The molecule has 0 bridgehead atoms. The van der Waals surface area contributed by atoms with Crippen molar-refractivity contribution in [2.24, 2.45) is 0 Å². The van der Waals surface area contributed by atoms with Crippen molar-refractivity contribution < 1.29 is 4.74 Å². The van der Waals surface area contributed by atoms with E-state index < -0.39 is 0 Å². The first-order valence-corrected chi connectivity index (χ1v) is 9.72. The second kappa shape index (κ2) is 8.61. The van der Waals surface area contributed by atoms with Crippen molar-refractivity contribution in [1.29, 1.82) is 0 Å². The Kier molecular flexibility index (Phi) is 6.36. The second-order valence-corrected chi connectivity index (χ2v) is 7.71. The molecule has 5 rings (SSSR count). The van der Waals surface area contributed by atoms with Crippen LogP contribution in [0, 0.1) is 13.8 Å². The third-order valence-electron chi connectivity index (χ3n) is 5.01. The molecule has 1 aliphatic heterocycles. The molecule has 29 heavy (non-hydrogen) atoms. The Morgan fingerprint density at radius 3 is 2.76 bits per heavy atom. The molecule has 4 aromatic rings. The van der Waals surface area contributed by atoms with Crippen molar-refractivity contribution in [2.75, 3.05) is 18.0 Å². The van der Waals surface area contributed by atoms with Gasteiger partial charge in [-0.2, -0.15) is 5.10 Å². The highest BCUT2D eigenvalue weighted by molar-refractivity contribution is 7.26. The fourth-order valence-corrected chi connectivity index (χ4v) is 4.65. The lowest BCUT2D eigenvalue weighted by Gasteiger charge is -2.18. The third-order valence-corrected chi connectivity index (χ3v) is 6.07. The van der Waals surface area contributed by atoms with Gasteiger partial charge in [0.25, 0.3) is 0 Å². The smallest absolute Gasteiger partial charge is 0.213 e. The zero-order valence-electron chi connectivity index (χ0n) is 15.9. The number of nitrogens with zero attached hydrogens (tertiary/aromatic N) is 6. The van der Waals surface area contributed by atoms with Gasteiger partial charge in [0.1, 0.15) is 23.1 Å². The summed E-state index contributed by atoms with van der Waals surface area (Å²) in [6, 6.07) is 5.71. The number of halogens is 2. The van der Waals surface area contributed by atoms with E-state index in [1.807, 2.05) is 25.1 Å². The topological polar surface area (TPSA) is 76.9 Å². The number of hydrogen-bond donors (Lipinski definition) is 0. The van der Waals surface area contributed by atoms with Gasteiger partial charge in [0.15, 0.2) is 0 Å². The molecule has 10 heteroatoms. The largest absolute Gasteiger partial charge is 0.472 e. The average Bonchev–Trinajstić information content (AvgIpc) is 3.30. The summed E-state index contributed by atoms with van der Waals surface area (Å²) in [6.07, 6.45) is 4.43. The average molecular weight is 451 g/mol. The molecule has 0 unspecified atom stereocenters. The monoisotopic (exact) mass is 450 g/mol. The summed E-state index contributed by atoms with van der Waals surface area (Å²) in [5, 5.41) is 9.72. The van der Waals surface area contributed by atoms with Gasteiger partial charge in [0.2, 0.25) is 5.88 Å². The lowest BCUT2D eigenvalue weighted by atomic mass is 10.1. The molecule has 1 atom stereocenters. The lowest BCUT2D eigenvalue weighted by molar-refractivity contribution is 0.216. The molecule has 4 aromatic heterocycles. The predicted molar refractivity (Wildman–Crippen MR) is 120 cm³/mol. The first kappa shape index (κ1) is 21.4. The number of rotatable bonds is 3. The molecule has 0 saturated carbocycles. The van der Waals surface area contributed by atoms with E-state index in [0.29, 0.717) is 5.88 Å². The fraction of sp³-hybridized carbons (Fsp3) is 0.316. The molecule has 7 nitrogen and oxygen atoms in total. The lowest BCUT2D eigenvalue weighted by Crippen LogP contribution is -2.25. The van der Waals surface area contributed by atoms with Crippen molar-refractivity contribution in [2.45, 2.75) is 26.4 Å². The molecule has 1 saturated heterocycles. The second-order valence-electron chi connectivity index (χ2n) is 6.71. The van der Waals surface area contributed by atoms with Crippen LogP contribution in [-0.4, -0.2) is 44.3 Å². The number of fused-ring (bicyclic) bond motifs is 3. The summed E-state index contributed by atoms with van der Waals surface area (Å²) >= 11 is 1.61. The number of hydrogen-bond acceptors (Lipinski definition) is 8. The number of aromatic nitrogens is 5. The van der Waals surface area contributed by atoms with Gasteiger partial charge in [-0.25, -0.2) is 15.0 Å². The zero-order chi connectivity index (χ0) is 18.4. The van der Waals surface area contributed by atoms with Crippen LogP contribution < -0.4 is 9.64 Å². The number of thiophene rings is 1. The molecule has 152 valence electrons. The highest BCUT2D eigenvalue weighted by Crippen LogP contribution is 2.38. The molecule has 5 heterocycles. The molecule has 0 aliphatic carbocycles. The van der Waals surface area contributed by atoms with Crippen LogP contribution in [0.4, 0.5) is 5.82 Å². The number of pyridine rings is 1. The van der Waals surface area contributed by atoms with Gasteiger partial charge in [-0.1, -0.05) is 6.07 Å². The number of anilines is 1. The molecule has 0 amide bonds. The number of aryl methyl sites for hydroxylation is 2. The van der Waals surface area contributed by atoms with Crippen molar-refractivity contribution in [1.82, 2.24) is 25.1 Å². The van der Waals surface area contributed by atoms with Crippen LogP contribution in [-0.2, 0) is 0 Å². The molecule has 0 radical (unpaired) electrons. The predicted octanol–water partition coefficient (Wildman–Crippen LogP) is 4.15. The van der Waals surface area contributed by atoms with Gasteiger partial charge in [-0.15, -0.1) is 41.2 Å². The Balaban J connectivity index is 0.00000120. The highest BCUT2D eigenvalue weighted by Gasteiger charge is 2.28. The standard InChI is InChI=1S/C19H18N6OS.2ClH/c1-11-12(2)23-24-19-15(11)16-17(27-19)18(22-10-21-16)25-8-6-13(9-25)26-14-5-3-4-7-20-14;;/h3-5,7,10,13H,6,8-9H2,1-2H3;2*1H/t13-;;/m0../s1. The van der Waals surface area contributed by atoms with Crippen LogP contribution in [0.2, 0.25) is 0 Å². The maximum absolute atomic E-state index is 6.02.